The Morgan fingerprint density at radius 3 is 2.25 bits per heavy atom. The van der Waals surface area contributed by atoms with Gasteiger partial charge in [-0.3, -0.25) is 0 Å². The molecule has 1 aromatic rings. The van der Waals surface area contributed by atoms with E-state index in [2.05, 4.69) is 4.98 Å². The molecule has 0 aliphatic carbocycles. The van der Waals surface area contributed by atoms with Gasteiger partial charge in [0.2, 0.25) is 5.95 Å². The minimum absolute atomic E-state index is 0.0513. The number of nitrogens with zero attached hydrogens (tertiary/aromatic N) is 1. The molecule has 1 unspecified atom stereocenters. The molecule has 1 aliphatic rings. The smallest absolute Gasteiger partial charge is 0.399 e. The van der Waals surface area contributed by atoms with Crippen molar-refractivity contribution < 1.29 is 13.7 Å². The van der Waals surface area contributed by atoms with Gasteiger partial charge in [0.15, 0.2) is 0 Å². The molecule has 0 spiro atoms. The summed E-state index contributed by atoms with van der Waals surface area (Å²) in [6.07, 6.45) is 0.542. The quantitative estimate of drug-likeness (QED) is 0.672. The Morgan fingerprint density at radius 2 is 1.80 bits per heavy atom. The molecule has 20 heavy (non-hydrogen) atoms. The number of pyridine rings is 1. The summed E-state index contributed by atoms with van der Waals surface area (Å²) in [7, 11) is -0.725. The average Bonchev–Trinajstić information content (AvgIpc) is 2.46. The average molecular weight is 280 g/mol. The van der Waals surface area contributed by atoms with Gasteiger partial charge < -0.3 is 15.0 Å². The van der Waals surface area contributed by atoms with Gasteiger partial charge in [0, 0.05) is 23.6 Å². The molecule has 0 aromatic carbocycles. The molecule has 0 amide bonds. The molecule has 0 saturated carbocycles. The Hall–Kier alpha value is -0.975. The van der Waals surface area contributed by atoms with E-state index in [4.69, 9.17) is 15.0 Å². The zero-order valence-electron chi connectivity index (χ0n) is 12.7. The Balaban J connectivity index is 2.23. The van der Waals surface area contributed by atoms with Crippen LogP contribution < -0.4 is 11.2 Å². The van der Waals surface area contributed by atoms with Gasteiger partial charge in [-0.15, -0.1) is 0 Å². The molecule has 0 bridgehead atoms. The third-order valence-corrected chi connectivity index (χ3v) is 3.97. The Kier molecular flexibility index (Phi) is 3.93. The highest BCUT2D eigenvalue weighted by Crippen LogP contribution is 2.36. The van der Waals surface area contributed by atoms with Crippen LogP contribution in [0.2, 0.25) is 0 Å². The maximum atomic E-state index is 14.1. The van der Waals surface area contributed by atoms with E-state index in [0.717, 1.165) is 0 Å². The van der Waals surface area contributed by atoms with Crippen molar-refractivity contribution in [1.29, 1.82) is 0 Å². The number of aromatic nitrogens is 1. The lowest BCUT2D eigenvalue weighted by molar-refractivity contribution is 0.00578. The SMILES string of the molecule is CC(N)Cc1ccc(B2OC(C)(C)C(C)(C)O2)c(F)n1. The molecule has 6 heteroatoms. The van der Waals surface area contributed by atoms with Gasteiger partial charge in [-0.25, -0.2) is 4.98 Å². The lowest BCUT2D eigenvalue weighted by Gasteiger charge is -2.32. The van der Waals surface area contributed by atoms with Gasteiger partial charge in [0.05, 0.1) is 11.2 Å². The molecule has 1 aromatic heterocycles. The van der Waals surface area contributed by atoms with Crippen LogP contribution in [0.1, 0.15) is 40.3 Å². The van der Waals surface area contributed by atoms with Crippen molar-refractivity contribution in [2.75, 3.05) is 0 Å². The van der Waals surface area contributed by atoms with Crippen LogP contribution >= 0.6 is 0 Å². The lowest BCUT2D eigenvalue weighted by Crippen LogP contribution is -2.41. The topological polar surface area (TPSA) is 57.4 Å². The molecule has 1 atom stereocenters. The molecule has 4 nitrogen and oxygen atoms in total. The first-order valence-electron chi connectivity index (χ1n) is 6.89. The summed E-state index contributed by atoms with van der Waals surface area (Å²) < 4.78 is 25.8. The first-order valence-corrected chi connectivity index (χ1v) is 6.89. The number of rotatable bonds is 3. The van der Waals surface area contributed by atoms with Crippen molar-refractivity contribution in [3.8, 4) is 0 Å². The first-order chi connectivity index (χ1) is 9.12. The van der Waals surface area contributed by atoms with Gasteiger partial charge in [0.25, 0.3) is 0 Å². The molecule has 110 valence electrons. The molecular weight excluding hydrogens is 258 g/mol. The van der Waals surface area contributed by atoms with Gasteiger partial charge in [-0.2, -0.15) is 4.39 Å². The summed E-state index contributed by atoms with van der Waals surface area (Å²) in [6.45, 7) is 9.60. The summed E-state index contributed by atoms with van der Waals surface area (Å²) in [5.74, 6) is -0.554. The maximum Gasteiger partial charge on any atom is 0.499 e. The van der Waals surface area contributed by atoms with E-state index in [1.807, 2.05) is 34.6 Å². The molecule has 1 aliphatic heterocycles. The second-order valence-corrected chi connectivity index (χ2v) is 6.45. The molecule has 2 N–H and O–H groups in total. The van der Waals surface area contributed by atoms with Crippen molar-refractivity contribution in [3.63, 3.8) is 0 Å². The zero-order chi connectivity index (χ0) is 15.1. The fraction of sp³-hybridized carbons (Fsp3) is 0.643. The van der Waals surface area contributed by atoms with Crippen LogP contribution in [0.3, 0.4) is 0 Å². The highest BCUT2D eigenvalue weighted by atomic mass is 19.1. The highest BCUT2D eigenvalue weighted by Gasteiger charge is 2.52. The normalized spacial score (nSPS) is 22.1. The Morgan fingerprint density at radius 1 is 1.25 bits per heavy atom. The summed E-state index contributed by atoms with van der Waals surface area (Å²) in [5.41, 5.74) is 5.68. The van der Waals surface area contributed by atoms with Crippen molar-refractivity contribution in [2.45, 2.75) is 58.3 Å². The molecule has 1 saturated heterocycles. The minimum atomic E-state index is -0.725. The largest absolute Gasteiger partial charge is 0.499 e. The van der Waals surface area contributed by atoms with Gasteiger partial charge in [-0.1, -0.05) is 6.07 Å². The number of halogens is 1. The van der Waals surface area contributed by atoms with E-state index < -0.39 is 24.3 Å². The van der Waals surface area contributed by atoms with Crippen LogP contribution in [-0.2, 0) is 15.7 Å². The van der Waals surface area contributed by atoms with Gasteiger partial charge >= 0.3 is 7.12 Å². The van der Waals surface area contributed by atoms with Crippen LogP contribution in [0.15, 0.2) is 12.1 Å². The van der Waals surface area contributed by atoms with Crippen LogP contribution in [0.25, 0.3) is 0 Å². The summed E-state index contributed by atoms with van der Waals surface area (Å²) in [4.78, 5) is 3.95. The Bertz CT molecular complexity index is 490. The van der Waals surface area contributed by atoms with Crippen molar-refractivity contribution in [3.05, 3.63) is 23.8 Å². The second-order valence-electron chi connectivity index (χ2n) is 6.45. The van der Waals surface area contributed by atoms with E-state index in [0.29, 0.717) is 17.6 Å². The van der Waals surface area contributed by atoms with Crippen LogP contribution in [0.4, 0.5) is 4.39 Å². The standard InChI is InChI=1S/C14H22BFN2O2/c1-9(17)8-10-6-7-11(12(16)18-10)15-19-13(2,3)14(4,5)20-15/h6-7,9H,8,17H2,1-5H3. The molecule has 2 heterocycles. The van der Waals surface area contributed by atoms with Crippen molar-refractivity contribution in [1.82, 2.24) is 4.98 Å². The monoisotopic (exact) mass is 280 g/mol. The molecule has 1 fully saturated rings. The predicted molar refractivity (Wildman–Crippen MR) is 77.3 cm³/mol. The maximum absolute atomic E-state index is 14.1. The fourth-order valence-electron chi connectivity index (χ4n) is 2.07. The third-order valence-electron chi connectivity index (χ3n) is 3.97. The Labute approximate surface area is 120 Å². The van der Waals surface area contributed by atoms with Gasteiger partial charge in [-0.05, 0) is 40.7 Å². The summed E-state index contributed by atoms with van der Waals surface area (Å²) >= 11 is 0. The van der Waals surface area contributed by atoms with E-state index >= 15 is 0 Å². The van der Waals surface area contributed by atoms with E-state index in [9.17, 15) is 4.39 Å². The molecular formula is C14H22BFN2O2. The van der Waals surface area contributed by atoms with Crippen LogP contribution in [0, 0.1) is 5.95 Å². The minimum Gasteiger partial charge on any atom is -0.399 e. The molecule has 2 rings (SSSR count). The van der Waals surface area contributed by atoms with Gasteiger partial charge in [0.1, 0.15) is 0 Å². The number of nitrogens with two attached hydrogens (primary N) is 1. The number of hydrogen-bond donors (Lipinski definition) is 1. The van der Waals surface area contributed by atoms with Crippen LogP contribution in [0.5, 0.6) is 0 Å². The van der Waals surface area contributed by atoms with E-state index in [-0.39, 0.29) is 6.04 Å². The summed E-state index contributed by atoms with van der Waals surface area (Å²) in [6, 6.07) is 3.39. The van der Waals surface area contributed by atoms with Crippen molar-refractivity contribution >= 4 is 12.6 Å². The number of hydrogen-bond acceptors (Lipinski definition) is 4. The predicted octanol–water partition coefficient (Wildman–Crippen LogP) is 1.41. The fourth-order valence-corrected chi connectivity index (χ4v) is 2.07. The molecule has 0 radical (unpaired) electrons. The van der Waals surface area contributed by atoms with E-state index in [1.54, 1.807) is 12.1 Å². The lowest BCUT2D eigenvalue weighted by atomic mass is 9.80. The van der Waals surface area contributed by atoms with E-state index in [1.165, 1.54) is 0 Å². The second kappa shape index (κ2) is 5.09. The van der Waals surface area contributed by atoms with Crippen LogP contribution in [-0.4, -0.2) is 29.3 Å². The first kappa shape index (κ1) is 15.4. The van der Waals surface area contributed by atoms with Crippen molar-refractivity contribution in [2.24, 2.45) is 5.73 Å². The highest BCUT2D eigenvalue weighted by molar-refractivity contribution is 6.62. The zero-order valence-corrected chi connectivity index (χ0v) is 12.7. The summed E-state index contributed by atoms with van der Waals surface area (Å²) in [5, 5.41) is 0. The third kappa shape index (κ3) is 2.87.